The summed E-state index contributed by atoms with van der Waals surface area (Å²) in [5.41, 5.74) is -0.117. The number of benzene rings is 1. The predicted octanol–water partition coefficient (Wildman–Crippen LogP) is 2.38. The number of carbonyl (C=O) groups is 1. The molecule has 6 atom stereocenters. The number of aliphatic hydroxyl groups excluding tert-OH is 3. The third-order valence-corrected chi connectivity index (χ3v) is 7.52. The van der Waals surface area contributed by atoms with Gasteiger partial charge in [0.1, 0.15) is 5.82 Å². The molecule has 0 radical (unpaired) electrons. The van der Waals surface area contributed by atoms with Crippen molar-refractivity contribution in [2.24, 2.45) is 22.7 Å². The highest BCUT2D eigenvalue weighted by Gasteiger charge is 2.58. The molecule has 0 spiro atoms. The summed E-state index contributed by atoms with van der Waals surface area (Å²) in [4.78, 5) is 12.6. The fraction of sp³-hybridized carbons (Fsp3) is 0.682. The van der Waals surface area contributed by atoms with E-state index in [-0.39, 0.29) is 42.0 Å². The Kier molecular flexibility index (Phi) is 6.13. The molecule has 4 N–H and O–H groups in total. The van der Waals surface area contributed by atoms with E-state index in [9.17, 15) is 24.5 Å². The number of hydrogen-bond acceptors (Lipinski definition) is 4. The predicted molar refractivity (Wildman–Crippen MR) is 104 cm³/mol. The highest BCUT2D eigenvalue weighted by Crippen LogP contribution is 2.60. The lowest BCUT2D eigenvalue weighted by molar-refractivity contribution is -0.185. The molecule has 0 unspecified atom stereocenters. The number of hydrogen-bond donors (Lipinski definition) is 4. The van der Waals surface area contributed by atoms with E-state index in [0.29, 0.717) is 19.4 Å². The van der Waals surface area contributed by atoms with E-state index in [2.05, 4.69) is 12.2 Å². The van der Waals surface area contributed by atoms with Gasteiger partial charge in [0, 0.05) is 18.4 Å². The Bertz CT molecular complexity index is 696. The average Bonchev–Trinajstić information content (AvgIpc) is 2.67. The SMILES string of the molecule is C[C@]1(CO)[C@H]2CC[C@@H](O)[C@@H](CC(=O)NCc3ccc(F)cc3)[C@]2(C)CC[C@H]1O. The van der Waals surface area contributed by atoms with Gasteiger partial charge in [0.2, 0.25) is 5.91 Å². The highest BCUT2D eigenvalue weighted by molar-refractivity contribution is 5.76. The summed E-state index contributed by atoms with van der Waals surface area (Å²) in [6, 6.07) is 6.00. The Morgan fingerprint density at radius 3 is 2.50 bits per heavy atom. The van der Waals surface area contributed by atoms with Gasteiger partial charge in [-0.3, -0.25) is 4.79 Å². The molecule has 0 aliphatic heterocycles. The average molecular weight is 393 g/mol. The first-order chi connectivity index (χ1) is 13.2. The van der Waals surface area contributed by atoms with Crippen LogP contribution in [0.3, 0.4) is 0 Å². The second kappa shape index (κ2) is 8.09. The van der Waals surface area contributed by atoms with Crippen LogP contribution in [0.1, 0.15) is 51.5 Å². The van der Waals surface area contributed by atoms with E-state index in [4.69, 9.17) is 0 Å². The highest BCUT2D eigenvalue weighted by atomic mass is 19.1. The van der Waals surface area contributed by atoms with Crippen LogP contribution in [0.15, 0.2) is 24.3 Å². The summed E-state index contributed by atoms with van der Waals surface area (Å²) in [6.45, 7) is 4.23. The summed E-state index contributed by atoms with van der Waals surface area (Å²) in [6.07, 6.45) is 1.64. The minimum absolute atomic E-state index is 0.0482. The van der Waals surface area contributed by atoms with Gasteiger partial charge in [-0.2, -0.15) is 0 Å². The molecule has 2 aliphatic carbocycles. The molecule has 6 heteroatoms. The van der Waals surface area contributed by atoms with Crippen molar-refractivity contribution in [2.45, 2.75) is 64.7 Å². The summed E-state index contributed by atoms with van der Waals surface area (Å²) in [5.74, 6) is -0.636. The number of rotatable bonds is 5. The van der Waals surface area contributed by atoms with Gasteiger partial charge in [-0.1, -0.05) is 26.0 Å². The van der Waals surface area contributed by atoms with Gasteiger partial charge >= 0.3 is 0 Å². The van der Waals surface area contributed by atoms with Gasteiger partial charge in [-0.15, -0.1) is 0 Å². The van der Waals surface area contributed by atoms with Gasteiger partial charge in [-0.05, 0) is 60.6 Å². The Morgan fingerprint density at radius 2 is 1.86 bits per heavy atom. The topological polar surface area (TPSA) is 89.8 Å². The lowest BCUT2D eigenvalue weighted by atomic mass is 9.46. The van der Waals surface area contributed by atoms with Crippen LogP contribution in [0.4, 0.5) is 4.39 Å². The third kappa shape index (κ3) is 3.82. The molecule has 0 heterocycles. The first-order valence-corrected chi connectivity index (χ1v) is 10.2. The summed E-state index contributed by atoms with van der Waals surface area (Å²) < 4.78 is 13.0. The van der Waals surface area contributed by atoms with Crippen molar-refractivity contribution in [3.05, 3.63) is 35.6 Å². The minimum atomic E-state index is -0.615. The second-order valence-corrected chi connectivity index (χ2v) is 9.14. The van der Waals surface area contributed by atoms with Crippen molar-refractivity contribution in [2.75, 3.05) is 6.61 Å². The Hall–Kier alpha value is -1.50. The van der Waals surface area contributed by atoms with E-state index in [1.165, 1.54) is 12.1 Å². The summed E-state index contributed by atoms with van der Waals surface area (Å²) in [5, 5.41) is 34.1. The van der Waals surface area contributed by atoms with E-state index in [1.807, 2.05) is 6.92 Å². The molecule has 2 saturated carbocycles. The zero-order valence-corrected chi connectivity index (χ0v) is 16.7. The van der Waals surface area contributed by atoms with Crippen molar-refractivity contribution < 1.29 is 24.5 Å². The van der Waals surface area contributed by atoms with Crippen LogP contribution in [-0.2, 0) is 11.3 Å². The van der Waals surface area contributed by atoms with Gasteiger partial charge in [0.05, 0.1) is 18.8 Å². The monoisotopic (exact) mass is 393 g/mol. The molecule has 2 fully saturated rings. The van der Waals surface area contributed by atoms with Crippen molar-refractivity contribution in [3.63, 3.8) is 0 Å². The van der Waals surface area contributed by atoms with Gasteiger partial charge in [0.25, 0.3) is 0 Å². The molecule has 28 heavy (non-hydrogen) atoms. The van der Waals surface area contributed by atoms with Gasteiger partial charge in [0.15, 0.2) is 0 Å². The molecule has 0 saturated heterocycles. The zero-order chi connectivity index (χ0) is 20.5. The van der Waals surface area contributed by atoms with Crippen molar-refractivity contribution in [1.29, 1.82) is 0 Å². The number of fused-ring (bicyclic) bond motifs is 1. The normalized spacial score (nSPS) is 37.9. The maximum Gasteiger partial charge on any atom is 0.220 e. The maximum atomic E-state index is 13.0. The van der Waals surface area contributed by atoms with Crippen molar-refractivity contribution in [3.8, 4) is 0 Å². The van der Waals surface area contributed by atoms with Crippen LogP contribution < -0.4 is 5.32 Å². The van der Waals surface area contributed by atoms with E-state index in [0.717, 1.165) is 18.4 Å². The first-order valence-electron chi connectivity index (χ1n) is 10.2. The van der Waals surface area contributed by atoms with E-state index >= 15 is 0 Å². The second-order valence-electron chi connectivity index (χ2n) is 9.14. The standard InChI is InChI=1S/C22H32FNO4/c1-21-10-9-19(27)22(2,13-25)18(21)8-7-17(26)16(21)11-20(28)24-12-14-3-5-15(23)6-4-14/h3-6,16-19,25-27H,7-13H2,1-2H3,(H,24,28)/t16-,17-,18+,19-,21+,22+/m1/s1. The van der Waals surface area contributed by atoms with Crippen molar-refractivity contribution in [1.82, 2.24) is 5.32 Å². The maximum absolute atomic E-state index is 13.0. The molecule has 5 nitrogen and oxygen atoms in total. The Balaban J connectivity index is 1.71. The molecule has 156 valence electrons. The van der Waals surface area contributed by atoms with Crippen molar-refractivity contribution >= 4 is 5.91 Å². The molecule has 2 aliphatic rings. The fourth-order valence-electron chi connectivity index (χ4n) is 5.68. The molecule has 0 bridgehead atoms. The van der Waals surface area contributed by atoms with Gasteiger partial charge in [-0.25, -0.2) is 4.39 Å². The third-order valence-electron chi connectivity index (χ3n) is 7.52. The zero-order valence-electron chi connectivity index (χ0n) is 16.7. The number of halogens is 1. The lowest BCUT2D eigenvalue weighted by Gasteiger charge is -2.60. The molecule has 1 aromatic rings. The van der Waals surface area contributed by atoms with Crippen LogP contribution in [0.25, 0.3) is 0 Å². The van der Waals surface area contributed by atoms with E-state index in [1.54, 1.807) is 12.1 Å². The molecule has 3 rings (SSSR count). The molecule has 1 amide bonds. The number of nitrogens with one attached hydrogen (secondary N) is 1. The molecule has 1 aromatic carbocycles. The van der Waals surface area contributed by atoms with E-state index < -0.39 is 17.6 Å². The van der Waals surface area contributed by atoms with Crippen LogP contribution in [0.2, 0.25) is 0 Å². The number of carbonyl (C=O) groups excluding carboxylic acids is 1. The number of amides is 1. The minimum Gasteiger partial charge on any atom is -0.396 e. The van der Waals surface area contributed by atoms with Crippen LogP contribution in [0, 0.1) is 28.5 Å². The molecular weight excluding hydrogens is 361 g/mol. The van der Waals surface area contributed by atoms with Crippen LogP contribution in [0.5, 0.6) is 0 Å². The number of aliphatic hydroxyl groups is 3. The summed E-state index contributed by atoms with van der Waals surface area (Å²) >= 11 is 0. The summed E-state index contributed by atoms with van der Waals surface area (Å²) in [7, 11) is 0. The quantitative estimate of drug-likeness (QED) is 0.618. The molecule has 0 aromatic heterocycles. The first kappa shape index (κ1) is 21.2. The largest absolute Gasteiger partial charge is 0.396 e. The van der Waals surface area contributed by atoms with Crippen LogP contribution >= 0.6 is 0 Å². The lowest BCUT2D eigenvalue weighted by Crippen LogP contribution is -2.60. The van der Waals surface area contributed by atoms with Crippen LogP contribution in [-0.4, -0.2) is 40.0 Å². The molecular formula is C22H32FNO4. The fourth-order valence-corrected chi connectivity index (χ4v) is 5.68. The Labute approximate surface area is 166 Å². The smallest absolute Gasteiger partial charge is 0.220 e. The Morgan fingerprint density at radius 1 is 1.18 bits per heavy atom. The van der Waals surface area contributed by atoms with Gasteiger partial charge < -0.3 is 20.6 Å².